The number of aryl methyl sites for hydroxylation is 1. The minimum atomic E-state index is -4.94. The van der Waals surface area contributed by atoms with Crippen LogP contribution < -0.4 is 5.32 Å². The molecule has 4 aliphatic rings. The predicted octanol–water partition coefficient (Wildman–Crippen LogP) is 5.45. The lowest BCUT2D eigenvalue weighted by atomic mass is 9.62. The first kappa shape index (κ1) is 23.7. The molecule has 0 spiro atoms. The van der Waals surface area contributed by atoms with Crippen LogP contribution in [0.1, 0.15) is 49.4 Å². The van der Waals surface area contributed by atoms with Gasteiger partial charge in [-0.25, -0.2) is 23.5 Å². The molecule has 7 rings (SSSR count). The quantitative estimate of drug-likeness (QED) is 0.460. The van der Waals surface area contributed by atoms with Crippen LogP contribution in [-0.2, 0) is 11.7 Å². The third-order valence-corrected chi connectivity index (χ3v) is 7.52. The van der Waals surface area contributed by atoms with Crippen LogP contribution in [0.2, 0.25) is 0 Å². The zero-order valence-electron chi connectivity index (χ0n) is 19.5. The van der Waals surface area contributed by atoms with Gasteiger partial charge in [0.05, 0.1) is 23.6 Å². The van der Waals surface area contributed by atoms with E-state index in [1.165, 1.54) is 0 Å². The Morgan fingerprint density at radius 1 is 1.11 bits per heavy atom. The number of alkyl halides is 3. The van der Waals surface area contributed by atoms with Gasteiger partial charge < -0.3 is 14.6 Å². The summed E-state index contributed by atoms with van der Waals surface area (Å²) in [6, 6.07) is 0.250. The second-order valence-electron chi connectivity index (χ2n) is 9.95. The van der Waals surface area contributed by atoms with Gasteiger partial charge in [0.1, 0.15) is 11.4 Å². The van der Waals surface area contributed by atoms with E-state index in [2.05, 4.69) is 25.5 Å². The fourth-order valence-electron chi connectivity index (χ4n) is 5.82. The standard InChI is InChI=1S/C24H21F5N6O2/c1-11-33-34-21(37-11)23-7-13(12-2-3-12)4-15(8-23)35(23)22(36)32-19-5-16(20-30-9-14(25)10-31-20)17(6-18(19)26)24(27,28)29/h5-6,9-10,12-13,15H,2-4,7-8H2,1H3,(H,32,36)/t13-,15?,23?/m1/s1. The lowest BCUT2D eigenvalue weighted by Crippen LogP contribution is -2.70. The SMILES string of the molecule is Cc1nnc(C23CC(C[C@@H](C4CC4)C2)N3C(=O)Nc2cc(-c3ncc(F)cn3)c(C(F)(F)F)cc2F)o1. The molecule has 13 heteroatoms. The maximum Gasteiger partial charge on any atom is 0.417 e. The third kappa shape index (κ3) is 4.00. The summed E-state index contributed by atoms with van der Waals surface area (Å²) < 4.78 is 74.9. The number of fused-ring (bicyclic) bond motifs is 2. The largest absolute Gasteiger partial charge is 0.423 e. The number of rotatable bonds is 4. The Balaban J connectivity index is 1.34. The summed E-state index contributed by atoms with van der Waals surface area (Å²) in [5.74, 6) is -0.967. The molecule has 2 saturated carbocycles. The van der Waals surface area contributed by atoms with Crippen LogP contribution in [-0.4, -0.2) is 37.1 Å². The number of amides is 2. The molecule has 2 unspecified atom stereocenters. The summed E-state index contributed by atoms with van der Waals surface area (Å²) in [4.78, 5) is 22.2. The number of nitrogens with zero attached hydrogens (tertiary/aromatic N) is 5. The molecule has 0 radical (unpaired) electrons. The van der Waals surface area contributed by atoms with E-state index < -0.39 is 52.0 Å². The second-order valence-corrected chi connectivity index (χ2v) is 9.95. The average Bonchev–Trinajstić information content (AvgIpc) is 3.60. The average molecular weight is 520 g/mol. The molecule has 2 saturated heterocycles. The number of urea groups is 1. The molecule has 1 aromatic carbocycles. The first-order valence-electron chi connectivity index (χ1n) is 11.8. The minimum Gasteiger partial charge on any atom is -0.423 e. The summed E-state index contributed by atoms with van der Waals surface area (Å²) in [5, 5.41) is 10.5. The van der Waals surface area contributed by atoms with E-state index in [-0.39, 0.29) is 12.1 Å². The Labute approximate surface area is 207 Å². The summed E-state index contributed by atoms with van der Waals surface area (Å²) in [5.41, 5.74) is -3.28. The van der Waals surface area contributed by atoms with Gasteiger partial charge in [-0.2, -0.15) is 13.2 Å². The van der Waals surface area contributed by atoms with Gasteiger partial charge in [-0.3, -0.25) is 0 Å². The van der Waals surface area contributed by atoms with Crippen molar-refractivity contribution in [1.82, 2.24) is 25.1 Å². The van der Waals surface area contributed by atoms with Gasteiger partial charge in [0.2, 0.25) is 11.8 Å². The Kier molecular flexibility index (Phi) is 5.25. The van der Waals surface area contributed by atoms with Crippen LogP contribution in [0.25, 0.3) is 11.4 Å². The maximum absolute atomic E-state index is 14.9. The van der Waals surface area contributed by atoms with E-state index in [4.69, 9.17) is 4.42 Å². The highest BCUT2D eigenvalue weighted by Gasteiger charge is 2.64. The minimum absolute atomic E-state index is 0.149. The van der Waals surface area contributed by atoms with Gasteiger partial charge in [0.25, 0.3) is 0 Å². The maximum atomic E-state index is 14.9. The first-order valence-corrected chi connectivity index (χ1v) is 11.8. The van der Waals surface area contributed by atoms with Crippen LogP contribution >= 0.6 is 0 Å². The van der Waals surface area contributed by atoms with Crippen LogP contribution in [0, 0.1) is 30.4 Å². The highest BCUT2D eigenvalue weighted by Crippen LogP contribution is 2.60. The molecule has 2 amide bonds. The smallest absolute Gasteiger partial charge is 0.417 e. The summed E-state index contributed by atoms with van der Waals surface area (Å²) in [7, 11) is 0. The molecule has 2 aliphatic carbocycles. The van der Waals surface area contributed by atoms with Crippen molar-refractivity contribution >= 4 is 11.7 Å². The van der Waals surface area contributed by atoms with E-state index >= 15 is 0 Å². The van der Waals surface area contributed by atoms with Gasteiger partial charge >= 0.3 is 12.2 Å². The molecular weight excluding hydrogens is 499 g/mol. The molecule has 8 nitrogen and oxygen atoms in total. The summed E-state index contributed by atoms with van der Waals surface area (Å²) in [6.45, 7) is 1.64. The number of carbonyl (C=O) groups is 1. The molecule has 4 fully saturated rings. The van der Waals surface area contributed by atoms with Crippen molar-refractivity contribution in [2.45, 2.75) is 56.8 Å². The molecule has 2 aliphatic heterocycles. The fraction of sp³-hybridized carbons (Fsp3) is 0.458. The lowest BCUT2D eigenvalue weighted by Gasteiger charge is -2.61. The summed E-state index contributed by atoms with van der Waals surface area (Å²) >= 11 is 0. The third-order valence-electron chi connectivity index (χ3n) is 7.52. The zero-order chi connectivity index (χ0) is 26.1. The van der Waals surface area contributed by atoms with Crippen molar-refractivity contribution in [2.24, 2.45) is 11.8 Å². The number of halogens is 5. The lowest BCUT2D eigenvalue weighted by molar-refractivity contribution is -0.137. The number of carbonyl (C=O) groups excluding carboxylic acids is 1. The molecular formula is C24H21F5N6O2. The Bertz CT molecular complexity index is 1370. The highest BCUT2D eigenvalue weighted by molar-refractivity contribution is 5.92. The Hall–Kier alpha value is -3.64. The number of piperidine rings is 1. The zero-order valence-corrected chi connectivity index (χ0v) is 19.5. The predicted molar refractivity (Wildman–Crippen MR) is 118 cm³/mol. The normalized spacial score (nSPS) is 25.1. The number of benzene rings is 1. The number of hydrogen-bond acceptors (Lipinski definition) is 6. The number of hydrogen-bond donors (Lipinski definition) is 1. The van der Waals surface area contributed by atoms with Crippen LogP contribution in [0.3, 0.4) is 0 Å². The van der Waals surface area contributed by atoms with Gasteiger partial charge in [-0.1, -0.05) is 0 Å². The van der Waals surface area contributed by atoms with Crippen molar-refractivity contribution < 1.29 is 31.2 Å². The van der Waals surface area contributed by atoms with E-state index in [1.54, 1.807) is 11.8 Å². The molecule has 1 N–H and O–H groups in total. The van der Waals surface area contributed by atoms with E-state index in [9.17, 15) is 26.7 Å². The van der Waals surface area contributed by atoms with Gasteiger partial charge in [0.15, 0.2) is 11.6 Å². The van der Waals surface area contributed by atoms with Crippen LogP contribution in [0.4, 0.5) is 32.4 Å². The summed E-state index contributed by atoms with van der Waals surface area (Å²) in [6.07, 6.45) is 0.735. The number of aromatic nitrogens is 4. The number of nitrogens with one attached hydrogen (secondary N) is 1. The molecule has 4 heterocycles. The first-order chi connectivity index (χ1) is 17.5. The molecule has 37 heavy (non-hydrogen) atoms. The Morgan fingerprint density at radius 3 is 2.46 bits per heavy atom. The van der Waals surface area contributed by atoms with Crippen molar-refractivity contribution in [3.05, 3.63) is 53.5 Å². The van der Waals surface area contributed by atoms with Crippen molar-refractivity contribution in [3.8, 4) is 11.4 Å². The molecule has 2 aromatic heterocycles. The monoisotopic (exact) mass is 520 g/mol. The Morgan fingerprint density at radius 2 is 1.84 bits per heavy atom. The van der Waals surface area contributed by atoms with Crippen molar-refractivity contribution in [2.75, 3.05) is 5.32 Å². The van der Waals surface area contributed by atoms with Crippen molar-refractivity contribution in [1.29, 1.82) is 0 Å². The molecule has 3 atom stereocenters. The van der Waals surface area contributed by atoms with Crippen molar-refractivity contribution in [3.63, 3.8) is 0 Å². The van der Waals surface area contributed by atoms with Gasteiger partial charge in [-0.05, 0) is 49.7 Å². The number of anilines is 1. The van der Waals surface area contributed by atoms with Gasteiger partial charge in [-0.15, -0.1) is 10.2 Å². The van der Waals surface area contributed by atoms with E-state index in [0.29, 0.717) is 48.9 Å². The van der Waals surface area contributed by atoms with Crippen LogP contribution in [0.15, 0.2) is 28.9 Å². The van der Waals surface area contributed by atoms with Crippen LogP contribution in [0.5, 0.6) is 0 Å². The topological polar surface area (TPSA) is 97.0 Å². The molecule has 2 bridgehead atoms. The second kappa shape index (κ2) is 8.18. The van der Waals surface area contributed by atoms with Gasteiger partial charge in [0, 0.05) is 24.9 Å². The fourth-order valence-corrected chi connectivity index (χ4v) is 5.82. The molecule has 3 aromatic rings. The van der Waals surface area contributed by atoms with E-state index in [1.807, 2.05) is 0 Å². The van der Waals surface area contributed by atoms with E-state index in [0.717, 1.165) is 25.3 Å². The molecule has 194 valence electrons. The highest BCUT2D eigenvalue weighted by atomic mass is 19.4.